The molecule has 0 aliphatic rings. The number of benzene rings is 1. The lowest BCUT2D eigenvalue weighted by molar-refractivity contribution is -0.136. The van der Waals surface area contributed by atoms with E-state index in [0.29, 0.717) is 0 Å². The maximum Gasteiger partial charge on any atom is 0.307 e. The van der Waals surface area contributed by atoms with Crippen LogP contribution in [0.1, 0.15) is 5.56 Å². The minimum absolute atomic E-state index is 0. The Hall–Kier alpha value is -1.33. The average Bonchev–Trinajstić information content (AvgIpc) is 1.93. The molecule has 0 heterocycles. The molecule has 0 bridgehead atoms. The average molecular weight is 184 g/mol. The highest BCUT2D eigenvalue weighted by Gasteiger charge is 1.97. The van der Waals surface area contributed by atoms with E-state index in [1.807, 2.05) is 32.1 Å². The fourth-order valence-electron chi connectivity index (χ4n) is 0.881. The highest BCUT2D eigenvalue weighted by atomic mass is 16.4. The molecule has 1 aromatic rings. The van der Waals surface area contributed by atoms with Gasteiger partial charge in [-0.3, -0.25) is 4.79 Å². The second kappa shape index (κ2) is 6.22. The fraction of sp³-hybridized carbons (Fsp3) is 0.125. The molecule has 0 atom stereocenters. The van der Waals surface area contributed by atoms with E-state index in [1.54, 1.807) is 0 Å². The molecule has 0 aliphatic heterocycles. The molecule has 0 aliphatic carbocycles. The normalized spacial score (nSPS) is 8.00. The van der Waals surface area contributed by atoms with Crippen LogP contribution in [0.2, 0.25) is 0 Å². The van der Waals surface area contributed by atoms with Crippen LogP contribution in [0.25, 0.3) is 0 Å². The molecule has 0 amide bonds. The van der Waals surface area contributed by atoms with Crippen molar-refractivity contribution in [3.8, 4) is 0 Å². The Labute approximate surface area is 77.2 Å². The van der Waals surface area contributed by atoms with Gasteiger partial charge in [0, 0.05) is 0 Å². The van der Waals surface area contributed by atoms with Gasteiger partial charge in [0.2, 0.25) is 0 Å². The van der Waals surface area contributed by atoms with Crippen molar-refractivity contribution < 1.29 is 20.9 Å². The molecule has 5 N–H and O–H groups in total. The topological polar surface area (TPSA) is 100 Å². The van der Waals surface area contributed by atoms with E-state index in [-0.39, 0.29) is 17.4 Å². The van der Waals surface area contributed by atoms with Gasteiger partial charge in [-0.25, -0.2) is 0 Å². The first kappa shape index (κ1) is 14.2. The Kier molecular flexibility index (Phi) is 6.80. The molecule has 0 saturated carbocycles. The SMILES string of the molecule is Bc1ccc(CC(=O)O)cc1.O.O. The van der Waals surface area contributed by atoms with Crippen LogP contribution in [0.5, 0.6) is 0 Å². The summed E-state index contributed by atoms with van der Waals surface area (Å²) in [7, 11) is 1.98. The van der Waals surface area contributed by atoms with Gasteiger partial charge in [-0.2, -0.15) is 0 Å². The van der Waals surface area contributed by atoms with Gasteiger partial charge in [-0.05, 0) is 5.56 Å². The van der Waals surface area contributed by atoms with Gasteiger partial charge in [0.05, 0.1) is 6.42 Å². The molecule has 5 heteroatoms. The third-order valence-corrected chi connectivity index (χ3v) is 1.48. The summed E-state index contributed by atoms with van der Waals surface area (Å²) in [6.07, 6.45) is 0.111. The largest absolute Gasteiger partial charge is 0.481 e. The Bertz CT molecular complexity index is 257. The van der Waals surface area contributed by atoms with Crippen LogP contribution in [-0.2, 0) is 11.2 Å². The summed E-state index contributed by atoms with van der Waals surface area (Å²) in [6, 6.07) is 7.50. The van der Waals surface area contributed by atoms with Crippen LogP contribution in [0.15, 0.2) is 24.3 Å². The molecule has 0 radical (unpaired) electrons. The van der Waals surface area contributed by atoms with E-state index in [9.17, 15) is 4.79 Å². The second-order valence-electron chi connectivity index (χ2n) is 2.56. The fourth-order valence-corrected chi connectivity index (χ4v) is 0.881. The van der Waals surface area contributed by atoms with E-state index in [4.69, 9.17) is 5.11 Å². The van der Waals surface area contributed by atoms with E-state index >= 15 is 0 Å². The van der Waals surface area contributed by atoms with Crippen molar-refractivity contribution in [3.05, 3.63) is 29.8 Å². The van der Waals surface area contributed by atoms with Gasteiger partial charge in [0.15, 0.2) is 0 Å². The minimum atomic E-state index is -0.783. The molecule has 0 fully saturated rings. The lowest BCUT2D eigenvalue weighted by atomic mass is 9.95. The van der Waals surface area contributed by atoms with E-state index in [2.05, 4.69) is 0 Å². The monoisotopic (exact) mass is 184 g/mol. The first-order valence-electron chi connectivity index (χ1n) is 3.46. The number of aliphatic carboxylic acids is 1. The zero-order valence-corrected chi connectivity index (χ0v) is 7.37. The molecule has 0 unspecified atom stereocenters. The van der Waals surface area contributed by atoms with Crippen molar-refractivity contribution in [3.63, 3.8) is 0 Å². The first-order chi connectivity index (χ1) is 5.18. The number of rotatable bonds is 2. The highest BCUT2D eigenvalue weighted by Crippen LogP contribution is 1.96. The third kappa shape index (κ3) is 5.00. The van der Waals surface area contributed by atoms with Crippen LogP contribution >= 0.6 is 0 Å². The molecule has 1 aromatic carbocycles. The summed E-state index contributed by atoms with van der Waals surface area (Å²) in [6.45, 7) is 0. The van der Waals surface area contributed by atoms with Crippen molar-refractivity contribution >= 4 is 19.3 Å². The van der Waals surface area contributed by atoms with Crippen LogP contribution in [0.3, 0.4) is 0 Å². The van der Waals surface area contributed by atoms with Gasteiger partial charge in [-0.1, -0.05) is 29.7 Å². The Morgan fingerprint density at radius 2 is 1.69 bits per heavy atom. The predicted molar refractivity (Wildman–Crippen MR) is 53.2 cm³/mol. The number of hydrogen-bond acceptors (Lipinski definition) is 1. The van der Waals surface area contributed by atoms with Crippen LogP contribution in [0, 0.1) is 0 Å². The lowest BCUT2D eigenvalue weighted by Crippen LogP contribution is -2.04. The van der Waals surface area contributed by atoms with E-state index in [0.717, 1.165) is 11.0 Å². The van der Waals surface area contributed by atoms with Crippen molar-refractivity contribution in [2.24, 2.45) is 0 Å². The standard InChI is InChI=1S/C8H9BO2.2H2O/c9-7-3-1-6(2-4-7)5-8(10)11;;/h1-4H,5,9H2,(H,10,11);2*1H2. The van der Waals surface area contributed by atoms with Gasteiger partial charge in [0.25, 0.3) is 0 Å². The summed E-state index contributed by atoms with van der Waals surface area (Å²) in [5.41, 5.74) is 2.00. The summed E-state index contributed by atoms with van der Waals surface area (Å²) < 4.78 is 0. The van der Waals surface area contributed by atoms with Crippen molar-refractivity contribution in [2.75, 3.05) is 0 Å². The molecular weight excluding hydrogens is 171 g/mol. The van der Waals surface area contributed by atoms with Crippen molar-refractivity contribution in [1.29, 1.82) is 0 Å². The van der Waals surface area contributed by atoms with Crippen molar-refractivity contribution in [1.82, 2.24) is 0 Å². The molecule has 1 rings (SSSR count). The first-order valence-corrected chi connectivity index (χ1v) is 3.46. The zero-order valence-electron chi connectivity index (χ0n) is 7.37. The minimum Gasteiger partial charge on any atom is -0.481 e. The smallest absolute Gasteiger partial charge is 0.307 e. The maximum absolute atomic E-state index is 10.3. The summed E-state index contributed by atoms with van der Waals surface area (Å²) in [4.78, 5) is 10.3. The van der Waals surface area contributed by atoms with Gasteiger partial charge in [-0.15, -0.1) is 0 Å². The number of carboxylic acids is 1. The number of carbonyl (C=O) groups is 1. The summed E-state index contributed by atoms with van der Waals surface area (Å²) >= 11 is 0. The van der Waals surface area contributed by atoms with Crippen molar-refractivity contribution in [2.45, 2.75) is 6.42 Å². The summed E-state index contributed by atoms with van der Waals surface area (Å²) in [5.74, 6) is -0.783. The molecule has 72 valence electrons. The second-order valence-corrected chi connectivity index (χ2v) is 2.56. The number of carboxylic acid groups (broad SMARTS) is 1. The van der Waals surface area contributed by atoms with E-state index in [1.165, 1.54) is 0 Å². The molecule has 0 saturated heterocycles. The molecule has 0 spiro atoms. The highest BCUT2D eigenvalue weighted by molar-refractivity contribution is 6.32. The molecular formula is C8H13BO4. The predicted octanol–water partition coefficient (Wildman–Crippen LogP) is -2.08. The lowest BCUT2D eigenvalue weighted by Gasteiger charge is -1.96. The van der Waals surface area contributed by atoms with Crippen LogP contribution in [0.4, 0.5) is 0 Å². The van der Waals surface area contributed by atoms with E-state index < -0.39 is 5.97 Å². The van der Waals surface area contributed by atoms with Crippen LogP contribution < -0.4 is 5.46 Å². The Morgan fingerprint density at radius 3 is 2.08 bits per heavy atom. The molecule has 13 heavy (non-hydrogen) atoms. The van der Waals surface area contributed by atoms with Gasteiger partial charge in [0.1, 0.15) is 7.85 Å². The Balaban J connectivity index is 0. The molecule has 0 aromatic heterocycles. The molecule has 4 nitrogen and oxygen atoms in total. The Morgan fingerprint density at radius 1 is 1.23 bits per heavy atom. The number of hydrogen-bond donors (Lipinski definition) is 1. The third-order valence-electron chi connectivity index (χ3n) is 1.48. The maximum atomic E-state index is 10.3. The summed E-state index contributed by atoms with van der Waals surface area (Å²) in [5, 5.41) is 8.44. The van der Waals surface area contributed by atoms with Gasteiger partial charge >= 0.3 is 5.97 Å². The zero-order chi connectivity index (χ0) is 8.27. The van der Waals surface area contributed by atoms with Gasteiger partial charge < -0.3 is 16.1 Å². The van der Waals surface area contributed by atoms with Crippen LogP contribution in [-0.4, -0.2) is 29.9 Å². The quantitative estimate of drug-likeness (QED) is 0.533.